The predicted molar refractivity (Wildman–Crippen MR) is 85.7 cm³/mol. The summed E-state index contributed by atoms with van der Waals surface area (Å²) >= 11 is 0. The number of amides is 1. The van der Waals surface area contributed by atoms with Crippen molar-refractivity contribution >= 4 is 21.6 Å². The van der Waals surface area contributed by atoms with E-state index in [1.54, 1.807) is 25.1 Å². The van der Waals surface area contributed by atoms with Crippen molar-refractivity contribution in [3.05, 3.63) is 29.3 Å². The summed E-state index contributed by atoms with van der Waals surface area (Å²) in [7, 11) is -1.89. The third-order valence-corrected chi connectivity index (χ3v) is 5.09. The number of anilines is 1. The van der Waals surface area contributed by atoms with Gasteiger partial charge in [0.1, 0.15) is 0 Å². The number of benzene rings is 1. The van der Waals surface area contributed by atoms with Crippen LogP contribution >= 0.6 is 0 Å². The van der Waals surface area contributed by atoms with Crippen molar-refractivity contribution in [3.8, 4) is 0 Å². The molecule has 1 heterocycles. The molecule has 1 aliphatic rings. The molecule has 0 aromatic heterocycles. The molecule has 0 spiro atoms. The molecule has 1 fully saturated rings. The van der Waals surface area contributed by atoms with Crippen LogP contribution < -0.4 is 9.62 Å². The Labute approximate surface area is 131 Å². The van der Waals surface area contributed by atoms with Gasteiger partial charge in [0.2, 0.25) is 10.0 Å². The summed E-state index contributed by atoms with van der Waals surface area (Å²) in [6.07, 6.45) is 3.19. The average Bonchev–Trinajstić information content (AvgIpc) is 2.96. The number of nitrogens with one attached hydrogen (secondary N) is 1. The van der Waals surface area contributed by atoms with E-state index in [4.69, 9.17) is 4.74 Å². The zero-order chi connectivity index (χ0) is 16.3. The first kappa shape index (κ1) is 16.8. The van der Waals surface area contributed by atoms with Crippen LogP contribution in [-0.2, 0) is 14.8 Å². The lowest BCUT2D eigenvalue weighted by molar-refractivity contribution is 0.0857. The number of hydrogen-bond donors (Lipinski definition) is 1. The summed E-state index contributed by atoms with van der Waals surface area (Å²) in [5, 5.41) is 2.85. The normalized spacial score (nSPS) is 18.2. The van der Waals surface area contributed by atoms with E-state index >= 15 is 0 Å². The van der Waals surface area contributed by atoms with Crippen LogP contribution in [0, 0.1) is 6.92 Å². The molecule has 0 saturated carbocycles. The maximum absolute atomic E-state index is 12.3. The molecule has 1 atom stereocenters. The van der Waals surface area contributed by atoms with Crippen LogP contribution in [0.2, 0.25) is 0 Å². The number of carbonyl (C=O) groups excluding carboxylic acids is 1. The molecule has 1 aliphatic heterocycles. The quantitative estimate of drug-likeness (QED) is 0.885. The van der Waals surface area contributed by atoms with Gasteiger partial charge < -0.3 is 10.1 Å². The van der Waals surface area contributed by atoms with Gasteiger partial charge >= 0.3 is 0 Å². The largest absolute Gasteiger partial charge is 0.376 e. The van der Waals surface area contributed by atoms with Crippen molar-refractivity contribution in [1.82, 2.24) is 5.32 Å². The van der Waals surface area contributed by atoms with E-state index in [-0.39, 0.29) is 12.0 Å². The zero-order valence-electron chi connectivity index (χ0n) is 13.1. The number of carbonyl (C=O) groups is 1. The van der Waals surface area contributed by atoms with E-state index in [1.165, 1.54) is 11.4 Å². The Bertz CT molecular complexity index is 652. The average molecular weight is 326 g/mol. The smallest absolute Gasteiger partial charge is 0.251 e. The van der Waals surface area contributed by atoms with E-state index in [2.05, 4.69) is 5.32 Å². The lowest BCUT2D eigenvalue weighted by atomic mass is 10.1. The fourth-order valence-electron chi connectivity index (χ4n) is 2.50. The Kier molecular flexibility index (Phi) is 5.08. The minimum atomic E-state index is -3.36. The fraction of sp³-hybridized carbons (Fsp3) is 0.533. The summed E-state index contributed by atoms with van der Waals surface area (Å²) in [5.74, 6) is -0.211. The lowest BCUT2D eigenvalue weighted by Crippen LogP contribution is -2.32. The van der Waals surface area contributed by atoms with E-state index in [0.717, 1.165) is 25.7 Å². The molecule has 1 aromatic rings. The third kappa shape index (κ3) is 3.78. The second-order valence-electron chi connectivity index (χ2n) is 5.53. The topological polar surface area (TPSA) is 75.7 Å². The molecule has 0 bridgehead atoms. The molecule has 1 saturated heterocycles. The molecule has 1 unspecified atom stereocenters. The van der Waals surface area contributed by atoms with Crippen LogP contribution in [0.1, 0.15) is 28.8 Å². The van der Waals surface area contributed by atoms with Gasteiger partial charge in [-0.25, -0.2) is 8.42 Å². The lowest BCUT2D eigenvalue weighted by Gasteiger charge is -2.20. The van der Waals surface area contributed by atoms with Crippen LogP contribution in [0.25, 0.3) is 0 Å². The summed E-state index contributed by atoms with van der Waals surface area (Å²) in [6, 6.07) is 5.07. The van der Waals surface area contributed by atoms with Crippen molar-refractivity contribution < 1.29 is 17.9 Å². The van der Waals surface area contributed by atoms with Crippen molar-refractivity contribution in [3.63, 3.8) is 0 Å². The number of rotatable bonds is 5. The Hall–Kier alpha value is -1.60. The first-order chi connectivity index (χ1) is 10.3. The second-order valence-corrected chi connectivity index (χ2v) is 7.54. The van der Waals surface area contributed by atoms with Gasteiger partial charge in [-0.3, -0.25) is 9.10 Å². The van der Waals surface area contributed by atoms with Gasteiger partial charge in [-0.05, 0) is 37.5 Å². The summed E-state index contributed by atoms with van der Waals surface area (Å²) in [5.41, 5.74) is 1.62. The first-order valence-electron chi connectivity index (χ1n) is 7.24. The van der Waals surface area contributed by atoms with Crippen molar-refractivity contribution in [2.45, 2.75) is 25.9 Å². The highest BCUT2D eigenvalue weighted by Gasteiger charge is 2.20. The molecule has 0 aliphatic carbocycles. The standard InChI is InChI=1S/C15H22N2O4S/c1-11-13(15(18)16-10-12-6-5-9-21-12)7-4-8-14(11)17(2)22(3,19)20/h4,7-8,12H,5-6,9-10H2,1-3H3,(H,16,18). The van der Waals surface area contributed by atoms with Crippen molar-refractivity contribution in [2.24, 2.45) is 0 Å². The van der Waals surface area contributed by atoms with E-state index in [0.29, 0.717) is 23.4 Å². The van der Waals surface area contributed by atoms with Gasteiger partial charge in [0.25, 0.3) is 5.91 Å². The van der Waals surface area contributed by atoms with Crippen molar-refractivity contribution in [2.75, 3.05) is 30.8 Å². The Morgan fingerprint density at radius 2 is 2.18 bits per heavy atom. The van der Waals surface area contributed by atoms with Crippen LogP contribution in [0.15, 0.2) is 18.2 Å². The van der Waals surface area contributed by atoms with Crippen LogP contribution in [0.4, 0.5) is 5.69 Å². The number of ether oxygens (including phenoxy) is 1. The number of nitrogens with zero attached hydrogens (tertiary/aromatic N) is 1. The molecule has 1 amide bonds. The van der Waals surface area contributed by atoms with E-state index in [1.807, 2.05) is 0 Å². The van der Waals surface area contributed by atoms with Gasteiger partial charge in [0.15, 0.2) is 0 Å². The molecule has 1 aromatic carbocycles. The molecule has 122 valence electrons. The molecule has 6 nitrogen and oxygen atoms in total. The highest BCUT2D eigenvalue weighted by Crippen LogP contribution is 2.24. The monoisotopic (exact) mass is 326 g/mol. The van der Waals surface area contributed by atoms with E-state index < -0.39 is 10.0 Å². The molecule has 7 heteroatoms. The number of sulfonamides is 1. The molecule has 22 heavy (non-hydrogen) atoms. The van der Waals surface area contributed by atoms with Crippen molar-refractivity contribution in [1.29, 1.82) is 0 Å². The summed E-state index contributed by atoms with van der Waals surface area (Å²) in [4.78, 5) is 12.3. The predicted octanol–water partition coefficient (Wildman–Crippen LogP) is 1.30. The highest BCUT2D eigenvalue weighted by atomic mass is 32.2. The Morgan fingerprint density at radius 1 is 1.45 bits per heavy atom. The number of hydrogen-bond acceptors (Lipinski definition) is 4. The maximum Gasteiger partial charge on any atom is 0.251 e. The Balaban J connectivity index is 2.15. The van der Waals surface area contributed by atoms with Crippen LogP contribution in [0.5, 0.6) is 0 Å². The van der Waals surface area contributed by atoms with Gasteiger partial charge in [-0.15, -0.1) is 0 Å². The fourth-order valence-corrected chi connectivity index (χ4v) is 3.05. The van der Waals surface area contributed by atoms with Gasteiger partial charge in [0, 0.05) is 25.8 Å². The Morgan fingerprint density at radius 3 is 2.77 bits per heavy atom. The summed E-state index contributed by atoms with van der Waals surface area (Å²) < 4.78 is 30.0. The minimum Gasteiger partial charge on any atom is -0.376 e. The molecule has 2 rings (SSSR count). The molecular formula is C15H22N2O4S. The SMILES string of the molecule is Cc1c(C(=O)NCC2CCCO2)cccc1N(C)S(C)(=O)=O. The van der Waals surface area contributed by atoms with Gasteiger partial charge in [0.05, 0.1) is 18.0 Å². The minimum absolute atomic E-state index is 0.0751. The van der Waals surface area contributed by atoms with Gasteiger partial charge in [-0.2, -0.15) is 0 Å². The summed E-state index contributed by atoms with van der Waals surface area (Å²) in [6.45, 7) is 2.97. The highest BCUT2D eigenvalue weighted by molar-refractivity contribution is 7.92. The van der Waals surface area contributed by atoms with Gasteiger partial charge in [-0.1, -0.05) is 6.07 Å². The third-order valence-electron chi connectivity index (χ3n) is 3.90. The molecular weight excluding hydrogens is 304 g/mol. The second kappa shape index (κ2) is 6.66. The zero-order valence-corrected chi connectivity index (χ0v) is 13.9. The van der Waals surface area contributed by atoms with Crippen LogP contribution in [-0.4, -0.2) is 46.9 Å². The van der Waals surface area contributed by atoms with E-state index in [9.17, 15) is 13.2 Å². The molecule has 0 radical (unpaired) electrons. The first-order valence-corrected chi connectivity index (χ1v) is 9.09. The van der Waals surface area contributed by atoms with Crippen LogP contribution in [0.3, 0.4) is 0 Å². The maximum atomic E-state index is 12.3. The molecule has 1 N–H and O–H groups in total.